The molecule has 0 spiro atoms. The molecule has 88 valence electrons. The molecule has 2 heterocycles. The van der Waals surface area contributed by atoms with Crippen molar-refractivity contribution in [3.8, 4) is 0 Å². The summed E-state index contributed by atoms with van der Waals surface area (Å²) in [7, 11) is 0. The van der Waals surface area contributed by atoms with Crippen molar-refractivity contribution < 1.29 is 9.13 Å². The smallest absolute Gasteiger partial charge is 0.138 e. The summed E-state index contributed by atoms with van der Waals surface area (Å²) in [6.07, 6.45) is 6.03. The Morgan fingerprint density at radius 1 is 1.50 bits per heavy atom. The maximum absolute atomic E-state index is 13.4. The second-order valence-electron chi connectivity index (χ2n) is 4.88. The first kappa shape index (κ1) is 10.1. The van der Waals surface area contributed by atoms with Crippen LogP contribution in [0.4, 0.5) is 4.39 Å². The van der Waals surface area contributed by atoms with Crippen molar-refractivity contribution >= 4 is 0 Å². The van der Waals surface area contributed by atoms with Gasteiger partial charge in [-0.2, -0.15) is 0 Å². The van der Waals surface area contributed by atoms with E-state index in [0.717, 1.165) is 6.54 Å². The van der Waals surface area contributed by atoms with Crippen molar-refractivity contribution in [2.45, 2.75) is 38.0 Å². The van der Waals surface area contributed by atoms with Crippen LogP contribution in [-0.4, -0.2) is 36.2 Å². The molecule has 16 heavy (non-hydrogen) atoms. The number of nitrogens with one attached hydrogen (secondary N) is 1. The van der Waals surface area contributed by atoms with Crippen LogP contribution in [-0.2, 0) is 4.74 Å². The SMILES string of the molecule is C[C@H]1NC[C@@H]1OC1=CN(C2CC2)CC(F)=C1. The third kappa shape index (κ3) is 1.94. The lowest BCUT2D eigenvalue weighted by atomic mass is 10.1. The van der Waals surface area contributed by atoms with Crippen LogP contribution in [0.3, 0.4) is 0 Å². The first-order valence-electron chi connectivity index (χ1n) is 5.96. The quantitative estimate of drug-likeness (QED) is 0.787. The monoisotopic (exact) mass is 224 g/mol. The third-order valence-electron chi connectivity index (χ3n) is 3.43. The van der Waals surface area contributed by atoms with Gasteiger partial charge in [0.05, 0.1) is 6.54 Å². The molecule has 1 saturated heterocycles. The lowest BCUT2D eigenvalue weighted by Gasteiger charge is -2.36. The van der Waals surface area contributed by atoms with E-state index in [9.17, 15) is 4.39 Å². The summed E-state index contributed by atoms with van der Waals surface area (Å²) in [5, 5.41) is 3.23. The van der Waals surface area contributed by atoms with Crippen LogP contribution in [0.2, 0.25) is 0 Å². The fourth-order valence-corrected chi connectivity index (χ4v) is 2.09. The van der Waals surface area contributed by atoms with E-state index < -0.39 is 0 Å². The van der Waals surface area contributed by atoms with Gasteiger partial charge in [0.2, 0.25) is 0 Å². The molecule has 1 saturated carbocycles. The molecule has 3 rings (SSSR count). The van der Waals surface area contributed by atoms with Gasteiger partial charge in [0, 0.05) is 30.9 Å². The Kier molecular flexibility index (Phi) is 2.39. The third-order valence-corrected chi connectivity index (χ3v) is 3.43. The zero-order chi connectivity index (χ0) is 11.1. The van der Waals surface area contributed by atoms with Crippen molar-refractivity contribution in [2.75, 3.05) is 13.1 Å². The van der Waals surface area contributed by atoms with Gasteiger partial charge in [-0.1, -0.05) is 0 Å². The molecule has 2 aliphatic heterocycles. The number of ether oxygens (including phenoxy) is 1. The van der Waals surface area contributed by atoms with Crippen LogP contribution in [0.1, 0.15) is 19.8 Å². The van der Waals surface area contributed by atoms with E-state index in [0.29, 0.717) is 24.4 Å². The Morgan fingerprint density at radius 3 is 2.88 bits per heavy atom. The summed E-state index contributed by atoms with van der Waals surface area (Å²) < 4.78 is 19.2. The van der Waals surface area contributed by atoms with Crippen LogP contribution in [0.25, 0.3) is 0 Å². The average molecular weight is 224 g/mol. The van der Waals surface area contributed by atoms with Crippen LogP contribution in [0, 0.1) is 0 Å². The minimum atomic E-state index is -0.0932. The van der Waals surface area contributed by atoms with Crippen molar-refractivity contribution in [1.82, 2.24) is 10.2 Å². The molecule has 0 bridgehead atoms. The molecule has 3 nitrogen and oxygen atoms in total. The topological polar surface area (TPSA) is 24.5 Å². The Bertz CT molecular complexity index is 349. The van der Waals surface area contributed by atoms with E-state index in [1.165, 1.54) is 18.9 Å². The highest BCUT2D eigenvalue weighted by Crippen LogP contribution is 2.31. The maximum Gasteiger partial charge on any atom is 0.138 e. The second-order valence-corrected chi connectivity index (χ2v) is 4.88. The number of hydrogen-bond donors (Lipinski definition) is 1. The molecule has 2 atom stereocenters. The highest BCUT2D eigenvalue weighted by atomic mass is 19.1. The standard InChI is InChI=1S/C12H17FN2O/c1-8-12(5-14-8)16-11-4-9(13)6-15(7-11)10-2-3-10/h4,7-8,10,12,14H,2-3,5-6H2,1H3/t8-,12+/m1/s1. The van der Waals surface area contributed by atoms with E-state index in [4.69, 9.17) is 4.74 Å². The first-order chi connectivity index (χ1) is 7.72. The zero-order valence-electron chi connectivity index (χ0n) is 9.45. The zero-order valence-corrected chi connectivity index (χ0v) is 9.45. The Labute approximate surface area is 94.9 Å². The Balaban J connectivity index is 1.66. The van der Waals surface area contributed by atoms with Crippen molar-refractivity contribution in [1.29, 1.82) is 0 Å². The van der Waals surface area contributed by atoms with E-state index in [-0.39, 0.29) is 11.9 Å². The average Bonchev–Trinajstić information content (AvgIpc) is 3.07. The summed E-state index contributed by atoms with van der Waals surface area (Å²) in [5.74, 6) is 0.582. The molecule has 1 N–H and O–H groups in total. The molecule has 0 aromatic heterocycles. The van der Waals surface area contributed by atoms with Gasteiger partial charge in [-0.25, -0.2) is 4.39 Å². The van der Waals surface area contributed by atoms with Gasteiger partial charge in [-0.3, -0.25) is 0 Å². The highest BCUT2D eigenvalue weighted by molar-refractivity contribution is 5.22. The van der Waals surface area contributed by atoms with Gasteiger partial charge in [-0.15, -0.1) is 0 Å². The lowest BCUT2D eigenvalue weighted by molar-refractivity contribution is 0.0351. The fourth-order valence-electron chi connectivity index (χ4n) is 2.09. The Hall–Kier alpha value is -1.03. The van der Waals surface area contributed by atoms with Crippen molar-refractivity contribution in [3.05, 3.63) is 23.9 Å². The predicted octanol–water partition coefficient (Wildman–Crippen LogP) is 1.54. The van der Waals surface area contributed by atoms with Gasteiger partial charge in [-0.05, 0) is 19.8 Å². The molecule has 3 aliphatic rings. The number of halogens is 1. The maximum atomic E-state index is 13.4. The first-order valence-corrected chi connectivity index (χ1v) is 5.96. The highest BCUT2D eigenvalue weighted by Gasteiger charge is 2.32. The molecule has 4 heteroatoms. The molecular formula is C12H17FN2O. The minimum Gasteiger partial charge on any atom is -0.486 e. The molecule has 0 unspecified atom stereocenters. The minimum absolute atomic E-state index is 0.0932. The predicted molar refractivity (Wildman–Crippen MR) is 59.3 cm³/mol. The van der Waals surface area contributed by atoms with Crippen LogP contribution >= 0.6 is 0 Å². The van der Waals surface area contributed by atoms with E-state index in [1.807, 2.05) is 6.20 Å². The van der Waals surface area contributed by atoms with Crippen molar-refractivity contribution in [2.24, 2.45) is 0 Å². The van der Waals surface area contributed by atoms with Crippen LogP contribution < -0.4 is 5.32 Å². The molecule has 0 aromatic carbocycles. The fraction of sp³-hybridized carbons (Fsp3) is 0.667. The van der Waals surface area contributed by atoms with Gasteiger partial charge >= 0.3 is 0 Å². The molecule has 0 amide bonds. The molecular weight excluding hydrogens is 207 g/mol. The van der Waals surface area contributed by atoms with Crippen molar-refractivity contribution in [3.63, 3.8) is 0 Å². The van der Waals surface area contributed by atoms with E-state index >= 15 is 0 Å². The summed E-state index contributed by atoms with van der Waals surface area (Å²) in [6.45, 7) is 3.35. The van der Waals surface area contributed by atoms with Crippen LogP contribution in [0.5, 0.6) is 0 Å². The van der Waals surface area contributed by atoms with Gasteiger partial charge in [0.15, 0.2) is 0 Å². The molecule has 0 aromatic rings. The molecule has 0 radical (unpaired) electrons. The largest absolute Gasteiger partial charge is 0.486 e. The molecule has 2 fully saturated rings. The van der Waals surface area contributed by atoms with Gasteiger partial charge < -0.3 is 15.0 Å². The van der Waals surface area contributed by atoms with Gasteiger partial charge in [0.1, 0.15) is 17.7 Å². The van der Waals surface area contributed by atoms with E-state index in [1.54, 1.807) is 0 Å². The summed E-state index contributed by atoms with van der Waals surface area (Å²) in [5.41, 5.74) is 0. The summed E-state index contributed by atoms with van der Waals surface area (Å²) in [4.78, 5) is 2.06. The van der Waals surface area contributed by atoms with Gasteiger partial charge in [0.25, 0.3) is 0 Å². The number of allylic oxidation sites excluding steroid dienone is 1. The summed E-state index contributed by atoms with van der Waals surface area (Å²) in [6, 6.07) is 0.906. The van der Waals surface area contributed by atoms with E-state index in [2.05, 4.69) is 17.1 Å². The Morgan fingerprint density at radius 2 is 2.31 bits per heavy atom. The number of hydrogen-bond acceptors (Lipinski definition) is 3. The normalized spacial score (nSPS) is 34.0. The number of rotatable bonds is 3. The lowest BCUT2D eigenvalue weighted by Crippen LogP contribution is -2.56. The van der Waals surface area contributed by atoms with Crippen LogP contribution in [0.15, 0.2) is 23.9 Å². The number of nitrogens with zero attached hydrogens (tertiary/aromatic N) is 1. The summed E-state index contributed by atoms with van der Waals surface area (Å²) >= 11 is 0. The molecule has 1 aliphatic carbocycles. The second kappa shape index (κ2) is 3.77.